The Morgan fingerprint density at radius 1 is 1.10 bits per heavy atom. The van der Waals surface area contributed by atoms with Gasteiger partial charge in [-0.2, -0.15) is 0 Å². The highest BCUT2D eigenvalue weighted by Gasteiger charge is 2.18. The van der Waals surface area contributed by atoms with Crippen LogP contribution in [0.3, 0.4) is 0 Å². The summed E-state index contributed by atoms with van der Waals surface area (Å²) in [5, 5.41) is 21.0. The van der Waals surface area contributed by atoms with Crippen LogP contribution in [0.15, 0.2) is 57.7 Å². The molecule has 3 aromatic rings. The zero-order chi connectivity index (χ0) is 15.0. The molecule has 6 heteroatoms. The molecule has 3 rings (SSSR count). The number of fused-ring (bicyclic) bond motifs is 1. The fourth-order valence-corrected chi connectivity index (χ4v) is 2.19. The summed E-state index contributed by atoms with van der Waals surface area (Å²) in [5.74, 6) is -0.541. The van der Waals surface area contributed by atoms with Gasteiger partial charge in [0.2, 0.25) is 0 Å². The van der Waals surface area contributed by atoms with Gasteiger partial charge in [0, 0.05) is 29.1 Å². The molecule has 0 atom stereocenters. The van der Waals surface area contributed by atoms with Crippen molar-refractivity contribution in [3.8, 4) is 16.9 Å². The van der Waals surface area contributed by atoms with E-state index in [1.54, 1.807) is 24.3 Å². The van der Waals surface area contributed by atoms with Gasteiger partial charge in [-0.3, -0.25) is 10.1 Å². The van der Waals surface area contributed by atoms with Crippen LogP contribution in [0.4, 0.5) is 5.69 Å². The maximum atomic E-state index is 11.6. The molecule has 0 bridgehead atoms. The molecule has 21 heavy (non-hydrogen) atoms. The Hall–Kier alpha value is -3.15. The summed E-state index contributed by atoms with van der Waals surface area (Å²) < 4.78 is 5.00. The number of phenolic OH excluding ortho intramolecular Hbond substituents is 1. The molecule has 1 N–H and O–H groups in total. The quantitative estimate of drug-likeness (QED) is 0.443. The normalized spacial score (nSPS) is 10.7. The molecular formula is C15H9NO5. The van der Waals surface area contributed by atoms with Crippen molar-refractivity contribution in [2.75, 3.05) is 0 Å². The van der Waals surface area contributed by atoms with Crippen LogP contribution in [0.25, 0.3) is 22.1 Å². The van der Waals surface area contributed by atoms with Crippen LogP contribution in [-0.2, 0) is 0 Å². The monoisotopic (exact) mass is 283 g/mol. The number of benzene rings is 2. The topological polar surface area (TPSA) is 93.6 Å². The first kappa shape index (κ1) is 12.9. The predicted molar refractivity (Wildman–Crippen MR) is 76.2 cm³/mol. The van der Waals surface area contributed by atoms with Gasteiger partial charge < -0.3 is 9.52 Å². The summed E-state index contributed by atoms with van der Waals surface area (Å²) in [5.41, 5.74) is 0.327. The first-order chi connectivity index (χ1) is 10.1. The number of aromatic hydroxyl groups is 1. The van der Waals surface area contributed by atoms with E-state index < -0.39 is 22.0 Å². The van der Waals surface area contributed by atoms with Crippen LogP contribution in [0.2, 0.25) is 0 Å². The van der Waals surface area contributed by atoms with Crippen molar-refractivity contribution in [2.45, 2.75) is 0 Å². The largest absolute Gasteiger partial charge is 0.502 e. The Morgan fingerprint density at radius 2 is 1.81 bits per heavy atom. The van der Waals surface area contributed by atoms with Crippen molar-refractivity contribution in [1.82, 2.24) is 0 Å². The van der Waals surface area contributed by atoms with E-state index in [9.17, 15) is 20.0 Å². The van der Waals surface area contributed by atoms with Gasteiger partial charge in [-0.05, 0) is 5.56 Å². The molecule has 0 aliphatic heterocycles. The smallest absolute Gasteiger partial charge is 0.336 e. The van der Waals surface area contributed by atoms with Gasteiger partial charge in [-0.15, -0.1) is 0 Å². The maximum absolute atomic E-state index is 11.6. The highest BCUT2D eigenvalue weighted by Crippen LogP contribution is 2.35. The van der Waals surface area contributed by atoms with Crippen molar-refractivity contribution >= 4 is 16.7 Å². The summed E-state index contributed by atoms with van der Waals surface area (Å²) in [4.78, 5) is 21.9. The third-order valence-electron chi connectivity index (χ3n) is 3.12. The predicted octanol–water partition coefficient (Wildman–Crippen LogP) is 3.07. The molecule has 1 heterocycles. The fourth-order valence-electron chi connectivity index (χ4n) is 2.19. The lowest BCUT2D eigenvalue weighted by atomic mass is 10.0. The molecule has 0 fully saturated rings. The van der Waals surface area contributed by atoms with E-state index in [4.69, 9.17) is 4.42 Å². The number of nitrogens with zero attached hydrogens (tertiary/aromatic N) is 1. The Labute approximate surface area is 118 Å². The first-order valence-electron chi connectivity index (χ1n) is 6.07. The molecule has 1 aromatic heterocycles. The second-order valence-corrected chi connectivity index (χ2v) is 4.44. The van der Waals surface area contributed by atoms with E-state index in [1.807, 2.05) is 6.07 Å². The molecule has 0 saturated carbocycles. The minimum absolute atomic E-state index is 0.101. The molecule has 104 valence electrons. The highest BCUT2D eigenvalue weighted by atomic mass is 16.6. The summed E-state index contributed by atoms with van der Waals surface area (Å²) in [6.07, 6.45) is 0. The van der Waals surface area contributed by atoms with E-state index in [-0.39, 0.29) is 5.58 Å². The van der Waals surface area contributed by atoms with Crippen LogP contribution in [0.5, 0.6) is 5.75 Å². The number of hydrogen-bond acceptors (Lipinski definition) is 5. The van der Waals surface area contributed by atoms with Gasteiger partial charge >= 0.3 is 11.3 Å². The maximum Gasteiger partial charge on any atom is 0.336 e. The van der Waals surface area contributed by atoms with Crippen molar-refractivity contribution in [3.63, 3.8) is 0 Å². The molecule has 0 aliphatic rings. The molecule has 0 amide bonds. The Morgan fingerprint density at radius 3 is 2.48 bits per heavy atom. The number of nitro benzene ring substituents is 1. The second-order valence-electron chi connectivity index (χ2n) is 4.44. The van der Waals surface area contributed by atoms with E-state index >= 15 is 0 Å². The third-order valence-corrected chi connectivity index (χ3v) is 3.12. The summed E-state index contributed by atoms with van der Waals surface area (Å²) in [6, 6.07) is 12.6. The van der Waals surface area contributed by atoms with Crippen LogP contribution < -0.4 is 5.63 Å². The van der Waals surface area contributed by atoms with Crippen LogP contribution in [0.1, 0.15) is 0 Å². The first-order valence-corrected chi connectivity index (χ1v) is 6.07. The average molecular weight is 283 g/mol. The summed E-state index contributed by atoms with van der Waals surface area (Å²) in [6.45, 7) is 0. The molecule has 0 unspecified atom stereocenters. The van der Waals surface area contributed by atoms with E-state index in [1.165, 1.54) is 12.1 Å². The van der Waals surface area contributed by atoms with Gasteiger partial charge in [-0.1, -0.05) is 30.3 Å². The zero-order valence-corrected chi connectivity index (χ0v) is 10.6. The van der Waals surface area contributed by atoms with Gasteiger partial charge in [0.25, 0.3) is 0 Å². The van der Waals surface area contributed by atoms with Gasteiger partial charge in [0.1, 0.15) is 5.58 Å². The minimum Gasteiger partial charge on any atom is -0.502 e. The van der Waals surface area contributed by atoms with E-state index in [0.717, 1.165) is 11.6 Å². The van der Waals surface area contributed by atoms with Gasteiger partial charge in [-0.25, -0.2) is 4.79 Å². The third kappa shape index (κ3) is 2.23. The second kappa shape index (κ2) is 4.75. The van der Waals surface area contributed by atoms with Crippen molar-refractivity contribution in [3.05, 3.63) is 69.1 Å². The Balaban J connectivity index is 2.41. The van der Waals surface area contributed by atoms with Gasteiger partial charge in [0.05, 0.1) is 4.92 Å². The van der Waals surface area contributed by atoms with Crippen LogP contribution >= 0.6 is 0 Å². The van der Waals surface area contributed by atoms with Gasteiger partial charge in [0.15, 0.2) is 5.75 Å². The highest BCUT2D eigenvalue weighted by molar-refractivity contribution is 5.95. The van der Waals surface area contributed by atoms with Crippen molar-refractivity contribution in [2.24, 2.45) is 0 Å². The minimum atomic E-state index is -0.686. The lowest BCUT2D eigenvalue weighted by molar-refractivity contribution is -0.385. The van der Waals surface area contributed by atoms with Crippen LogP contribution in [-0.4, -0.2) is 10.0 Å². The molecule has 2 aromatic carbocycles. The molecule has 0 saturated heterocycles. The van der Waals surface area contributed by atoms with E-state index in [2.05, 4.69) is 0 Å². The Bertz CT molecular complexity index is 899. The van der Waals surface area contributed by atoms with Crippen LogP contribution in [0, 0.1) is 10.1 Å². The Kier molecular flexibility index (Phi) is 2.91. The molecule has 0 spiro atoms. The molecule has 0 radical (unpaired) electrons. The standard InChI is InChI=1S/C15H9NO5/c17-13-8-14-11(6-12(13)16(19)20)10(7-15(18)21-14)9-4-2-1-3-5-9/h1-8,17H. The van der Waals surface area contributed by atoms with Crippen molar-refractivity contribution < 1.29 is 14.4 Å². The number of phenols is 1. The average Bonchev–Trinajstić information content (AvgIpc) is 2.46. The fraction of sp³-hybridized carbons (Fsp3) is 0. The lowest BCUT2D eigenvalue weighted by Crippen LogP contribution is -1.99. The number of rotatable bonds is 2. The zero-order valence-electron chi connectivity index (χ0n) is 10.6. The number of nitro groups is 1. The molecule has 0 aliphatic carbocycles. The molecular weight excluding hydrogens is 274 g/mol. The summed E-state index contributed by atoms with van der Waals surface area (Å²) in [7, 11) is 0. The lowest BCUT2D eigenvalue weighted by Gasteiger charge is -2.06. The number of hydrogen-bond donors (Lipinski definition) is 1. The summed E-state index contributed by atoms with van der Waals surface area (Å²) >= 11 is 0. The van der Waals surface area contributed by atoms with E-state index in [0.29, 0.717) is 10.9 Å². The molecule has 6 nitrogen and oxygen atoms in total. The van der Waals surface area contributed by atoms with Crippen molar-refractivity contribution in [1.29, 1.82) is 0 Å². The SMILES string of the molecule is O=c1cc(-c2ccccc2)c2cc([N+](=O)[O-])c(O)cc2o1.